The molecule has 8 nitrogen and oxygen atoms in total. The van der Waals surface area contributed by atoms with Crippen LogP contribution in [0.1, 0.15) is 50.4 Å². The summed E-state index contributed by atoms with van der Waals surface area (Å²) in [7, 11) is 3.07. The van der Waals surface area contributed by atoms with Crippen molar-refractivity contribution in [2.24, 2.45) is 0 Å². The van der Waals surface area contributed by atoms with Crippen LogP contribution in [0.2, 0.25) is 0 Å². The zero-order chi connectivity index (χ0) is 25.9. The number of Topliss-reactive ketones (excluding diaryl/α,β-unsaturated/α-hetero) is 1. The molecule has 1 heterocycles. The molecule has 0 aliphatic carbocycles. The van der Waals surface area contributed by atoms with Gasteiger partial charge in [0, 0.05) is 31.7 Å². The van der Waals surface area contributed by atoms with E-state index in [1.807, 2.05) is 20.8 Å². The van der Waals surface area contributed by atoms with Gasteiger partial charge in [-0.2, -0.15) is 0 Å². The van der Waals surface area contributed by atoms with Gasteiger partial charge in [-0.25, -0.2) is 0 Å². The number of benzene rings is 2. The predicted molar refractivity (Wildman–Crippen MR) is 130 cm³/mol. The molecule has 0 aromatic heterocycles. The van der Waals surface area contributed by atoms with E-state index in [0.29, 0.717) is 16.9 Å². The molecular weight excluding hydrogens is 450 g/mol. The number of ketones is 1. The van der Waals surface area contributed by atoms with Gasteiger partial charge in [-0.3, -0.25) is 14.4 Å². The second kappa shape index (κ2) is 10.3. The molecule has 0 saturated carbocycles. The molecule has 1 fully saturated rings. The number of rotatable bonds is 7. The summed E-state index contributed by atoms with van der Waals surface area (Å²) in [5.41, 5.74) is 1.40. The number of likely N-dealkylation sites (tertiary alicyclic amines) is 1. The largest absolute Gasteiger partial charge is 0.507 e. The van der Waals surface area contributed by atoms with Gasteiger partial charge in [0.2, 0.25) is 0 Å². The summed E-state index contributed by atoms with van der Waals surface area (Å²) in [5.74, 6) is -1.40. The van der Waals surface area contributed by atoms with E-state index in [2.05, 4.69) is 0 Å². The Bertz CT molecular complexity index is 1180. The third kappa shape index (κ3) is 5.38. The third-order valence-corrected chi connectivity index (χ3v) is 5.79. The highest BCUT2D eigenvalue weighted by atomic mass is 16.5. The number of ether oxygens (including phenoxy) is 3. The quantitative estimate of drug-likeness (QED) is 0.210. The van der Waals surface area contributed by atoms with E-state index in [1.54, 1.807) is 49.6 Å². The molecule has 2 aromatic rings. The SMILES string of the molecule is COCCN1C(=O)C(=O)/C(=C(/O)c2ccc(OC)c(C(C)(C)C)c2)C1c1cccc(OC(C)=O)c1. The van der Waals surface area contributed by atoms with E-state index >= 15 is 0 Å². The van der Waals surface area contributed by atoms with E-state index in [4.69, 9.17) is 14.2 Å². The van der Waals surface area contributed by atoms with E-state index in [-0.39, 0.29) is 35.6 Å². The van der Waals surface area contributed by atoms with Gasteiger partial charge in [0.1, 0.15) is 17.3 Å². The second-order valence-electron chi connectivity index (χ2n) is 9.32. The summed E-state index contributed by atoms with van der Waals surface area (Å²) in [5, 5.41) is 11.4. The van der Waals surface area contributed by atoms with Crippen molar-refractivity contribution >= 4 is 23.4 Å². The Morgan fingerprint density at radius 2 is 1.80 bits per heavy atom. The molecule has 1 saturated heterocycles. The van der Waals surface area contributed by atoms with Crippen molar-refractivity contribution in [3.63, 3.8) is 0 Å². The lowest BCUT2D eigenvalue weighted by Gasteiger charge is -2.26. The highest BCUT2D eigenvalue weighted by Crippen LogP contribution is 2.41. The van der Waals surface area contributed by atoms with Crippen LogP contribution in [0.5, 0.6) is 11.5 Å². The van der Waals surface area contributed by atoms with Crippen molar-refractivity contribution in [2.75, 3.05) is 27.4 Å². The summed E-state index contributed by atoms with van der Waals surface area (Å²) in [6.45, 7) is 7.66. The normalized spacial score (nSPS) is 17.5. The van der Waals surface area contributed by atoms with Gasteiger partial charge in [0.25, 0.3) is 11.7 Å². The molecule has 2 aromatic carbocycles. The maximum Gasteiger partial charge on any atom is 0.308 e. The maximum atomic E-state index is 13.2. The van der Waals surface area contributed by atoms with Crippen LogP contribution in [-0.4, -0.2) is 55.0 Å². The van der Waals surface area contributed by atoms with Crippen molar-refractivity contribution in [3.05, 3.63) is 64.7 Å². The average molecular weight is 482 g/mol. The molecule has 1 unspecified atom stereocenters. The number of hydrogen-bond donors (Lipinski definition) is 1. The van der Waals surface area contributed by atoms with Crippen LogP contribution in [0.15, 0.2) is 48.0 Å². The molecule has 0 spiro atoms. The fraction of sp³-hybridized carbons (Fsp3) is 0.370. The Labute approximate surface area is 205 Å². The number of aliphatic hydroxyl groups excluding tert-OH is 1. The molecule has 0 bridgehead atoms. The third-order valence-electron chi connectivity index (χ3n) is 5.79. The Kier molecular flexibility index (Phi) is 7.65. The lowest BCUT2D eigenvalue weighted by Crippen LogP contribution is -2.32. The molecule has 0 radical (unpaired) electrons. The summed E-state index contributed by atoms with van der Waals surface area (Å²) in [4.78, 5) is 39.0. The van der Waals surface area contributed by atoms with Crippen molar-refractivity contribution in [3.8, 4) is 11.5 Å². The summed E-state index contributed by atoms with van der Waals surface area (Å²) >= 11 is 0. The first-order valence-electron chi connectivity index (χ1n) is 11.2. The van der Waals surface area contributed by atoms with Crippen molar-refractivity contribution in [2.45, 2.75) is 39.2 Å². The molecule has 1 aliphatic heterocycles. The van der Waals surface area contributed by atoms with Gasteiger partial charge in [0.15, 0.2) is 0 Å². The van der Waals surface area contributed by atoms with Gasteiger partial charge in [-0.1, -0.05) is 32.9 Å². The first-order chi connectivity index (χ1) is 16.5. The molecule has 35 heavy (non-hydrogen) atoms. The number of hydrogen-bond acceptors (Lipinski definition) is 7. The van der Waals surface area contributed by atoms with E-state index < -0.39 is 23.7 Å². The van der Waals surface area contributed by atoms with Crippen LogP contribution in [0.3, 0.4) is 0 Å². The number of carbonyl (C=O) groups is 3. The Balaban J connectivity index is 2.22. The molecule has 186 valence electrons. The van der Waals surface area contributed by atoms with Gasteiger partial charge in [-0.05, 0) is 41.3 Å². The molecule has 1 amide bonds. The average Bonchev–Trinajstić information content (AvgIpc) is 3.05. The number of amides is 1. The lowest BCUT2D eigenvalue weighted by molar-refractivity contribution is -0.140. The molecule has 3 rings (SSSR count). The van der Waals surface area contributed by atoms with Crippen molar-refractivity contribution in [1.82, 2.24) is 4.90 Å². The fourth-order valence-electron chi connectivity index (χ4n) is 4.16. The Morgan fingerprint density at radius 1 is 1.09 bits per heavy atom. The number of methoxy groups -OCH3 is 2. The highest BCUT2D eigenvalue weighted by Gasteiger charge is 2.46. The fourth-order valence-corrected chi connectivity index (χ4v) is 4.16. The second-order valence-corrected chi connectivity index (χ2v) is 9.32. The first-order valence-corrected chi connectivity index (χ1v) is 11.2. The summed E-state index contributed by atoms with van der Waals surface area (Å²) < 4.78 is 15.8. The van der Waals surface area contributed by atoms with Crippen LogP contribution in [0.25, 0.3) is 5.76 Å². The maximum absolute atomic E-state index is 13.2. The van der Waals surface area contributed by atoms with Gasteiger partial charge < -0.3 is 24.2 Å². The first kappa shape index (κ1) is 26.0. The van der Waals surface area contributed by atoms with Crippen LogP contribution in [0.4, 0.5) is 0 Å². The number of nitrogens with zero attached hydrogens (tertiary/aromatic N) is 1. The van der Waals surface area contributed by atoms with Crippen LogP contribution in [0, 0.1) is 0 Å². The van der Waals surface area contributed by atoms with Gasteiger partial charge in [0.05, 0.1) is 25.3 Å². The smallest absolute Gasteiger partial charge is 0.308 e. The zero-order valence-corrected chi connectivity index (χ0v) is 20.9. The molecule has 8 heteroatoms. The van der Waals surface area contributed by atoms with Gasteiger partial charge in [-0.15, -0.1) is 0 Å². The van der Waals surface area contributed by atoms with E-state index in [1.165, 1.54) is 18.9 Å². The van der Waals surface area contributed by atoms with Gasteiger partial charge >= 0.3 is 5.97 Å². The molecule has 1 aliphatic rings. The predicted octanol–water partition coefficient (Wildman–Crippen LogP) is 3.99. The molecule has 1 N–H and O–H groups in total. The highest BCUT2D eigenvalue weighted by molar-refractivity contribution is 6.46. The van der Waals surface area contributed by atoms with Crippen LogP contribution >= 0.6 is 0 Å². The number of carbonyl (C=O) groups excluding carboxylic acids is 3. The zero-order valence-electron chi connectivity index (χ0n) is 20.9. The summed E-state index contributed by atoms with van der Waals surface area (Å²) in [6, 6.07) is 10.8. The van der Waals surface area contributed by atoms with Crippen LogP contribution < -0.4 is 9.47 Å². The molecule has 1 atom stereocenters. The monoisotopic (exact) mass is 481 g/mol. The standard InChI is InChI=1S/C27H31NO7/c1-16(29)35-19-9-7-8-17(14-19)23-22(25(31)26(32)28(23)12-13-33-5)24(30)18-10-11-21(34-6)20(15-18)27(2,3)4/h7-11,14-15,23,30H,12-13H2,1-6H3/b24-22+. The minimum absolute atomic E-state index is 0.0453. The minimum Gasteiger partial charge on any atom is -0.507 e. The van der Waals surface area contributed by atoms with E-state index in [0.717, 1.165) is 5.56 Å². The Hall–Kier alpha value is -3.65. The van der Waals surface area contributed by atoms with Crippen molar-refractivity contribution < 1.29 is 33.7 Å². The van der Waals surface area contributed by atoms with E-state index in [9.17, 15) is 19.5 Å². The lowest BCUT2D eigenvalue weighted by atomic mass is 9.84. The van der Waals surface area contributed by atoms with Crippen molar-refractivity contribution in [1.29, 1.82) is 0 Å². The number of aliphatic hydroxyl groups is 1. The topological polar surface area (TPSA) is 102 Å². The summed E-state index contributed by atoms with van der Waals surface area (Å²) in [6.07, 6.45) is 0. The minimum atomic E-state index is -0.888. The molecular formula is C27H31NO7. The Morgan fingerprint density at radius 3 is 2.40 bits per heavy atom. The number of esters is 1. The van der Waals surface area contributed by atoms with Crippen LogP contribution in [-0.2, 0) is 24.5 Å².